The van der Waals surface area contributed by atoms with Crippen LogP contribution in [0.3, 0.4) is 0 Å². The molecule has 2 atom stereocenters. The molecule has 0 bridgehead atoms. The van der Waals surface area contributed by atoms with Crippen LogP contribution in [-0.4, -0.2) is 47.5 Å². The van der Waals surface area contributed by atoms with Gasteiger partial charge in [0.1, 0.15) is 11.9 Å². The van der Waals surface area contributed by atoms with Crippen LogP contribution in [0.4, 0.5) is 0 Å². The van der Waals surface area contributed by atoms with Gasteiger partial charge in [-0.05, 0) is 36.8 Å². The molecule has 2 unspecified atom stereocenters. The number of phenols is 1. The molecule has 1 aromatic carbocycles. The molecule has 8 nitrogen and oxygen atoms in total. The van der Waals surface area contributed by atoms with E-state index in [2.05, 4.69) is 5.16 Å². The molecule has 1 amide bonds. The van der Waals surface area contributed by atoms with E-state index in [1.807, 2.05) is 0 Å². The van der Waals surface area contributed by atoms with Crippen LogP contribution in [0.2, 0.25) is 0 Å². The summed E-state index contributed by atoms with van der Waals surface area (Å²) in [5.74, 6) is -0.893. The van der Waals surface area contributed by atoms with Gasteiger partial charge in [0, 0.05) is 19.1 Å². The van der Waals surface area contributed by atoms with Gasteiger partial charge in [0.25, 0.3) is 5.91 Å². The number of hydrogen-bond donors (Lipinski definition) is 3. The third kappa shape index (κ3) is 3.45. The lowest BCUT2D eigenvalue weighted by molar-refractivity contribution is -0.132. The fourth-order valence-corrected chi connectivity index (χ4v) is 3.20. The molecule has 126 valence electrons. The third-order valence-corrected chi connectivity index (χ3v) is 5.94. The second-order valence-electron chi connectivity index (χ2n) is 5.66. The number of benzene rings is 1. The Hall–Kier alpha value is -2.13. The van der Waals surface area contributed by atoms with E-state index >= 15 is 0 Å². The average Bonchev–Trinajstić information content (AvgIpc) is 2.94. The number of oxime groups is 1. The molecule has 0 saturated heterocycles. The van der Waals surface area contributed by atoms with Crippen LogP contribution < -0.4 is 5.48 Å². The van der Waals surface area contributed by atoms with Gasteiger partial charge in [-0.25, -0.2) is 13.9 Å². The second-order valence-corrected chi connectivity index (χ2v) is 8.11. The van der Waals surface area contributed by atoms with Crippen molar-refractivity contribution >= 4 is 21.5 Å². The van der Waals surface area contributed by atoms with Gasteiger partial charge in [-0.2, -0.15) is 0 Å². The van der Waals surface area contributed by atoms with E-state index < -0.39 is 26.6 Å². The van der Waals surface area contributed by atoms with E-state index in [-0.39, 0.29) is 12.2 Å². The normalized spacial score (nSPS) is 20.3. The summed E-state index contributed by atoms with van der Waals surface area (Å²) >= 11 is 0. The highest BCUT2D eigenvalue weighted by molar-refractivity contribution is 7.92. The summed E-state index contributed by atoms with van der Waals surface area (Å²) in [5.41, 5.74) is 2.72. The maximum Gasteiger partial charge on any atom is 0.264 e. The number of sulfone groups is 1. The second kappa shape index (κ2) is 6.17. The minimum absolute atomic E-state index is 0.120. The number of phenolic OH excluding ortho intramolecular Hbond substituents is 1. The fourth-order valence-electron chi connectivity index (χ4n) is 2.33. The number of aromatic hydroxyl groups is 1. The van der Waals surface area contributed by atoms with Crippen LogP contribution in [-0.2, 0) is 19.5 Å². The van der Waals surface area contributed by atoms with Gasteiger partial charge < -0.3 is 9.94 Å². The van der Waals surface area contributed by atoms with Crippen molar-refractivity contribution in [1.82, 2.24) is 5.48 Å². The number of hydrogen-bond acceptors (Lipinski definition) is 7. The molecule has 2 rings (SSSR count). The van der Waals surface area contributed by atoms with Crippen molar-refractivity contribution in [2.45, 2.75) is 30.6 Å². The van der Waals surface area contributed by atoms with E-state index in [0.717, 1.165) is 11.8 Å². The summed E-state index contributed by atoms with van der Waals surface area (Å²) in [7, 11) is -3.79. The van der Waals surface area contributed by atoms with Crippen LogP contribution in [0.5, 0.6) is 5.75 Å². The Kier molecular flexibility index (Phi) is 4.62. The predicted molar refractivity (Wildman–Crippen MR) is 81.9 cm³/mol. The molecule has 23 heavy (non-hydrogen) atoms. The van der Waals surface area contributed by atoms with Crippen LogP contribution >= 0.6 is 0 Å². The van der Waals surface area contributed by atoms with Gasteiger partial charge in [0.05, 0.1) is 5.71 Å². The fraction of sp³-hybridized carbons (Fsp3) is 0.429. The highest BCUT2D eigenvalue weighted by Gasteiger charge is 2.46. The van der Waals surface area contributed by atoms with Crippen LogP contribution in [0.1, 0.15) is 25.3 Å². The molecule has 0 saturated carbocycles. The molecule has 1 aliphatic heterocycles. The van der Waals surface area contributed by atoms with Crippen LogP contribution in [0.25, 0.3) is 0 Å². The maximum atomic E-state index is 11.9. The van der Waals surface area contributed by atoms with Crippen LogP contribution in [0.15, 0.2) is 29.4 Å². The topological polar surface area (TPSA) is 125 Å². The highest BCUT2D eigenvalue weighted by Crippen LogP contribution is 2.29. The van der Waals surface area contributed by atoms with Gasteiger partial charge in [-0.1, -0.05) is 5.16 Å². The molecular weight excluding hydrogens is 324 g/mol. The Balaban J connectivity index is 2.14. The summed E-state index contributed by atoms with van der Waals surface area (Å²) in [6.07, 6.45) is 0.479. The largest absolute Gasteiger partial charge is 0.508 e. The minimum Gasteiger partial charge on any atom is -0.508 e. The predicted octanol–water partition coefficient (Wildman–Crippen LogP) is 0.584. The van der Waals surface area contributed by atoms with Gasteiger partial charge in [0.2, 0.25) is 0 Å². The quantitative estimate of drug-likeness (QED) is 0.531. The highest BCUT2D eigenvalue weighted by atomic mass is 32.2. The summed E-state index contributed by atoms with van der Waals surface area (Å²) in [6.45, 7) is 1.23. The molecule has 0 radical (unpaired) electrons. The van der Waals surface area contributed by atoms with Crippen molar-refractivity contribution in [2.24, 2.45) is 5.16 Å². The first-order valence-electron chi connectivity index (χ1n) is 6.83. The maximum absolute atomic E-state index is 11.9. The van der Waals surface area contributed by atoms with E-state index in [1.165, 1.54) is 24.5 Å². The Morgan fingerprint density at radius 3 is 2.57 bits per heavy atom. The lowest BCUT2D eigenvalue weighted by Gasteiger charge is -2.26. The standard InChI is InChI=1S/C14H18N2O6S/c1-14(13(18)15-19,23(2,20)21)8-11-7-12(16-22-11)9-3-5-10(17)6-4-9/h3-6,11,17,19H,7-8H2,1-2H3,(H,15,18). The van der Waals surface area contributed by atoms with Crippen LogP contribution in [0, 0.1) is 0 Å². The molecule has 1 aromatic rings. The summed E-state index contributed by atoms with van der Waals surface area (Å²) in [6, 6.07) is 6.34. The molecule has 9 heteroatoms. The smallest absolute Gasteiger partial charge is 0.264 e. The zero-order chi connectivity index (χ0) is 17.3. The zero-order valence-corrected chi connectivity index (χ0v) is 13.5. The number of carbonyl (C=O) groups is 1. The lowest BCUT2D eigenvalue weighted by atomic mass is 9.96. The first-order valence-corrected chi connectivity index (χ1v) is 8.73. The Bertz CT molecular complexity index is 728. The third-order valence-electron chi connectivity index (χ3n) is 3.95. The SMILES string of the molecule is CC(CC1CC(c2ccc(O)cc2)=NO1)(C(=O)NO)S(C)(=O)=O. The van der Waals surface area contributed by atoms with Gasteiger partial charge in [-0.15, -0.1) is 0 Å². The van der Waals surface area contributed by atoms with Crippen molar-refractivity contribution < 1.29 is 28.4 Å². The molecule has 0 fully saturated rings. The number of nitrogens with zero attached hydrogens (tertiary/aromatic N) is 1. The lowest BCUT2D eigenvalue weighted by Crippen LogP contribution is -2.51. The van der Waals surface area contributed by atoms with Gasteiger partial charge in [0.15, 0.2) is 14.6 Å². The number of hydroxylamine groups is 1. The molecule has 1 heterocycles. The number of amides is 1. The first-order chi connectivity index (χ1) is 10.7. The monoisotopic (exact) mass is 342 g/mol. The van der Waals surface area contributed by atoms with Crippen molar-refractivity contribution in [3.8, 4) is 5.75 Å². The van der Waals surface area contributed by atoms with E-state index in [0.29, 0.717) is 12.1 Å². The zero-order valence-electron chi connectivity index (χ0n) is 12.7. The first kappa shape index (κ1) is 17.2. The Morgan fingerprint density at radius 2 is 2.04 bits per heavy atom. The summed E-state index contributed by atoms with van der Waals surface area (Å²) < 4.78 is 22.0. The Labute approximate surface area is 133 Å². The number of nitrogens with one attached hydrogen (secondary N) is 1. The van der Waals surface area contributed by atoms with Crippen molar-refractivity contribution in [1.29, 1.82) is 0 Å². The van der Waals surface area contributed by atoms with E-state index in [9.17, 15) is 18.3 Å². The van der Waals surface area contributed by atoms with Crippen molar-refractivity contribution in [3.05, 3.63) is 29.8 Å². The molecule has 1 aliphatic rings. The summed E-state index contributed by atoms with van der Waals surface area (Å²) in [5, 5.41) is 22.0. The molecule has 0 aliphatic carbocycles. The number of rotatable bonds is 5. The molecule has 0 spiro atoms. The number of carbonyl (C=O) groups excluding carboxylic acids is 1. The molecule has 3 N–H and O–H groups in total. The Morgan fingerprint density at radius 1 is 1.43 bits per heavy atom. The minimum atomic E-state index is -3.79. The van der Waals surface area contributed by atoms with Gasteiger partial charge in [-0.3, -0.25) is 10.0 Å². The van der Waals surface area contributed by atoms with E-state index in [4.69, 9.17) is 10.0 Å². The average molecular weight is 342 g/mol. The summed E-state index contributed by atoms with van der Waals surface area (Å²) in [4.78, 5) is 17.0. The van der Waals surface area contributed by atoms with Crippen molar-refractivity contribution in [3.63, 3.8) is 0 Å². The van der Waals surface area contributed by atoms with Crippen molar-refractivity contribution in [2.75, 3.05) is 6.26 Å². The molecular formula is C14H18N2O6S. The van der Waals surface area contributed by atoms with Gasteiger partial charge >= 0.3 is 0 Å². The van der Waals surface area contributed by atoms with E-state index in [1.54, 1.807) is 12.1 Å². The molecule has 0 aromatic heterocycles.